The molecule has 0 aliphatic carbocycles. The largest absolute Gasteiger partial charge is 0.396 e. The van der Waals surface area contributed by atoms with Crippen LogP contribution in [-0.2, 0) is 13.6 Å². The summed E-state index contributed by atoms with van der Waals surface area (Å²) in [5.74, 6) is 1.09. The van der Waals surface area contributed by atoms with E-state index in [4.69, 9.17) is 21.7 Å². The lowest BCUT2D eigenvalue weighted by atomic mass is 10.1. The van der Waals surface area contributed by atoms with Crippen molar-refractivity contribution < 1.29 is 5.11 Å². The Morgan fingerprint density at radius 3 is 3.10 bits per heavy atom. The van der Waals surface area contributed by atoms with Gasteiger partial charge in [0.2, 0.25) is 0 Å². The van der Waals surface area contributed by atoms with Crippen molar-refractivity contribution in [3.63, 3.8) is 0 Å². The minimum atomic E-state index is 0.287. The zero-order valence-electron chi connectivity index (χ0n) is 12.4. The molecule has 0 bridgehead atoms. The van der Waals surface area contributed by atoms with Gasteiger partial charge in [0.25, 0.3) is 0 Å². The Balaban J connectivity index is 1.79. The van der Waals surface area contributed by atoms with Crippen molar-refractivity contribution in [1.29, 1.82) is 0 Å². The number of rotatable bonds is 5. The summed E-state index contributed by atoms with van der Waals surface area (Å²) < 4.78 is 2.16. The minimum Gasteiger partial charge on any atom is -0.396 e. The number of likely N-dealkylation sites (tertiary alicyclic amines) is 1. The normalized spacial score (nSPS) is 19.7. The zero-order chi connectivity index (χ0) is 14.8. The highest BCUT2D eigenvalue weighted by Gasteiger charge is 2.25. The zero-order valence-corrected chi connectivity index (χ0v) is 13.2. The molecule has 2 heterocycles. The van der Waals surface area contributed by atoms with Crippen LogP contribution in [0.2, 0.25) is 5.02 Å². The van der Waals surface area contributed by atoms with Gasteiger partial charge in [-0.3, -0.25) is 4.90 Å². The summed E-state index contributed by atoms with van der Waals surface area (Å²) in [4.78, 5) is 7.24. The van der Waals surface area contributed by atoms with E-state index in [1.165, 1.54) is 12.8 Å². The molecule has 2 aromatic rings. The van der Waals surface area contributed by atoms with Gasteiger partial charge in [-0.2, -0.15) is 0 Å². The van der Waals surface area contributed by atoms with Gasteiger partial charge in [0.1, 0.15) is 5.82 Å². The number of fused-ring (bicyclic) bond motifs is 1. The van der Waals surface area contributed by atoms with E-state index in [1.807, 2.05) is 18.2 Å². The van der Waals surface area contributed by atoms with Crippen molar-refractivity contribution in [2.24, 2.45) is 7.05 Å². The third-order valence-corrected chi connectivity index (χ3v) is 4.71. The van der Waals surface area contributed by atoms with E-state index < -0.39 is 0 Å². The molecule has 0 radical (unpaired) electrons. The van der Waals surface area contributed by atoms with Crippen molar-refractivity contribution in [2.75, 3.05) is 13.2 Å². The standard InChI is InChI=1S/C16H22ClN3O/c1-19-15-7-6-12(17)10-14(15)18-16(19)11-20-8-2-4-13(20)5-3-9-21/h6-7,10,13,21H,2-5,8-9,11H2,1H3. The predicted molar refractivity (Wildman–Crippen MR) is 85.5 cm³/mol. The molecule has 21 heavy (non-hydrogen) atoms. The molecule has 1 aromatic carbocycles. The fourth-order valence-electron chi connectivity index (χ4n) is 3.30. The van der Waals surface area contributed by atoms with Crippen LogP contribution in [0.3, 0.4) is 0 Å². The van der Waals surface area contributed by atoms with Crippen LogP contribution in [0, 0.1) is 0 Å². The Labute approximate surface area is 130 Å². The molecule has 3 rings (SSSR count). The third kappa shape index (κ3) is 3.07. The van der Waals surface area contributed by atoms with E-state index in [0.29, 0.717) is 6.04 Å². The first kappa shape index (κ1) is 14.8. The predicted octanol–water partition coefficient (Wildman–Crippen LogP) is 2.96. The van der Waals surface area contributed by atoms with Crippen LogP contribution >= 0.6 is 11.6 Å². The fourth-order valence-corrected chi connectivity index (χ4v) is 3.47. The van der Waals surface area contributed by atoms with Gasteiger partial charge in [-0.05, 0) is 50.4 Å². The first-order valence-corrected chi connectivity index (χ1v) is 8.02. The number of aryl methyl sites for hydroxylation is 1. The molecule has 1 atom stereocenters. The van der Waals surface area contributed by atoms with Crippen molar-refractivity contribution in [3.05, 3.63) is 29.0 Å². The second-order valence-electron chi connectivity index (χ2n) is 5.85. The van der Waals surface area contributed by atoms with Gasteiger partial charge in [0, 0.05) is 24.7 Å². The van der Waals surface area contributed by atoms with E-state index in [1.54, 1.807) is 0 Å². The molecule has 0 saturated carbocycles. The average Bonchev–Trinajstić information content (AvgIpc) is 3.02. The van der Waals surface area contributed by atoms with Crippen molar-refractivity contribution in [2.45, 2.75) is 38.3 Å². The summed E-state index contributed by atoms with van der Waals surface area (Å²) in [6.07, 6.45) is 4.44. The Morgan fingerprint density at radius 2 is 2.29 bits per heavy atom. The fraction of sp³-hybridized carbons (Fsp3) is 0.562. The molecule has 1 aliphatic rings. The second kappa shape index (κ2) is 6.34. The van der Waals surface area contributed by atoms with Crippen LogP contribution in [0.25, 0.3) is 11.0 Å². The Hall–Kier alpha value is -1.10. The Bertz CT molecular complexity index is 625. The lowest BCUT2D eigenvalue weighted by Crippen LogP contribution is -2.30. The Morgan fingerprint density at radius 1 is 1.43 bits per heavy atom. The van der Waals surface area contributed by atoms with Crippen molar-refractivity contribution >= 4 is 22.6 Å². The highest BCUT2D eigenvalue weighted by molar-refractivity contribution is 6.31. The van der Waals surface area contributed by atoms with Gasteiger partial charge < -0.3 is 9.67 Å². The molecule has 1 aliphatic heterocycles. The van der Waals surface area contributed by atoms with E-state index in [-0.39, 0.29) is 6.61 Å². The number of benzene rings is 1. The molecule has 5 heteroatoms. The smallest absolute Gasteiger partial charge is 0.123 e. The summed E-state index contributed by atoms with van der Waals surface area (Å²) in [6, 6.07) is 6.45. The van der Waals surface area contributed by atoms with Gasteiger partial charge in [0.05, 0.1) is 17.6 Å². The van der Waals surface area contributed by atoms with Gasteiger partial charge in [0.15, 0.2) is 0 Å². The topological polar surface area (TPSA) is 41.3 Å². The lowest BCUT2D eigenvalue weighted by molar-refractivity contribution is 0.205. The molecule has 0 amide bonds. The van der Waals surface area contributed by atoms with Gasteiger partial charge in [-0.25, -0.2) is 4.98 Å². The number of imidazole rings is 1. The van der Waals surface area contributed by atoms with Crippen LogP contribution in [0.15, 0.2) is 18.2 Å². The number of aliphatic hydroxyl groups excluding tert-OH is 1. The quantitative estimate of drug-likeness (QED) is 0.923. The minimum absolute atomic E-state index is 0.287. The molecule has 1 unspecified atom stereocenters. The van der Waals surface area contributed by atoms with Crippen molar-refractivity contribution in [1.82, 2.24) is 14.5 Å². The number of nitrogens with zero attached hydrogens (tertiary/aromatic N) is 3. The van der Waals surface area contributed by atoms with E-state index in [9.17, 15) is 0 Å². The Kier molecular flexibility index (Phi) is 4.48. The van der Waals surface area contributed by atoms with Crippen LogP contribution in [0.4, 0.5) is 0 Å². The van der Waals surface area contributed by atoms with E-state index >= 15 is 0 Å². The lowest BCUT2D eigenvalue weighted by Gasteiger charge is -2.23. The number of aliphatic hydroxyl groups is 1. The van der Waals surface area contributed by atoms with Crippen LogP contribution in [0.5, 0.6) is 0 Å². The summed E-state index contributed by atoms with van der Waals surface area (Å²) >= 11 is 6.05. The van der Waals surface area contributed by atoms with Crippen LogP contribution in [-0.4, -0.2) is 38.8 Å². The van der Waals surface area contributed by atoms with Crippen molar-refractivity contribution in [3.8, 4) is 0 Å². The molecule has 114 valence electrons. The maximum atomic E-state index is 9.02. The summed E-state index contributed by atoms with van der Waals surface area (Å²) in [7, 11) is 2.07. The summed E-state index contributed by atoms with van der Waals surface area (Å²) in [5, 5.41) is 9.75. The maximum absolute atomic E-state index is 9.02. The highest BCUT2D eigenvalue weighted by Crippen LogP contribution is 2.25. The molecule has 1 saturated heterocycles. The number of aromatic nitrogens is 2. The van der Waals surface area contributed by atoms with E-state index in [0.717, 1.165) is 47.8 Å². The van der Waals surface area contributed by atoms with Crippen LogP contribution in [0.1, 0.15) is 31.5 Å². The third-order valence-electron chi connectivity index (χ3n) is 4.47. The molecular weight excluding hydrogens is 286 g/mol. The monoisotopic (exact) mass is 307 g/mol. The maximum Gasteiger partial charge on any atom is 0.123 e. The van der Waals surface area contributed by atoms with Gasteiger partial charge >= 0.3 is 0 Å². The first-order chi connectivity index (χ1) is 10.2. The van der Waals surface area contributed by atoms with E-state index in [2.05, 4.69) is 16.5 Å². The molecular formula is C16H22ClN3O. The average molecular weight is 308 g/mol. The number of halogens is 1. The molecule has 4 nitrogen and oxygen atoms in total. The summed E-state index contributed by atoms with van der Waals surface area (Å²) in [6.45, 7) is 2.29. The summed E-state index contributed by atoms with van der Waals surface area (Å²) in [5.41, 5.74) is 2.09. The molecule has 1 fully saturated rings. The van der Waals surface area contributed by atoms with Gasteiger partial charge in [-0.15, -0.1) is 0 Å². The van der Waals surface area contributed by atoms with Gasteiger partial charge in [-0.1, -0.05) is 11.6 Å². The van der Waals surface area contributed by atoms with Crippen LogP contribution < -0.4 is 0 Å². The first-order valence-electron chi connectivity index (χ1n) is 7.65. The number of hydrogen-bond donors (Lipinski definition) is 1. The second-order valence-corrected chi connectivity index (χ2v) is 6.29. The number of hydrogen-bond acceptors (Lipinski definition) is 3. The molecule has 0 spiro atoms. The molecule has 1 aromatic heterocycles. The highest BCUT2D eigenvalue weighted by atomic mass is 35.5. The molecule has 1 N–H and O–H groups in total. The SMILES string of the molecule is Cn1c(CN2CCCC2CCCO)nc2cc(Cl)ccc21.